The molecule has 0 fully saturated rings. The Balaban J connectivity index is 1.90. The molecule has 0 spiro atoms. The molecule has 3 aromatic rings. The van der Waals surface area contributed by atoms with Gasteiger partial charge in [0.15, 0.2) is 0 Å². The summed E-state index contributed by atoms with van der Waals surface area (Å²) in [5, 5.41) is 9.13. The molecule has 0 radical (unpaired) electrons. The number of imidazole rings is 1. The minimum Gasteiger partial charge on any atom is -0.345 e. The molecule has 2 heterocycles. The first kappa shape index (κ1) is 9.59. The lowest BCUT2D eigenvalue weighted by molar-refractivity contribution is 0.102. The summed E-state index contributed by atoms with van der Waals surface area (Å²) < 4.78 is 0. The topological polar surface area (TPSA) is 86.5 Å². The molecule has 0 aliphatic rings. The molecule has 0 bridgehead atoms. The van der Waals surface area contributed by atoms with Crippen LogP contribution in [0.15, 0.2) is 36.8 Å². The van der Waals surface area contributed by atoms with Gasteiger partial charge in [0, 0.05) is 11.6 Å². The number of hydrogen-bond acceptors (Lipinski definition) is 3. The summed E-state index contributed by atoms with van der Waals surface area (Å²) >= 11 is 0. The number of carbonyl (C=O) groups excluding carboxylic acids is 1. The van der Waals surface area contributed by atoms with Crippen LogP contribution in [-0.4, -0.2) is 26.1 Å². The van der Waals surface area contributed by atoms with E-state index < -0.39 is 0 Å². The van der Waals surface area contributed by atoms with Crippen LogP contribution in [0.2, 0.25) is 0 Å². The van der Waals surface area contributed by atoms with Gasteiger partial charge in [0.05, 0.1) is 23.6 Å². The maximum atomic E-state index is 11.9. The second kappa shape index (κ2) is 3.75. The van der Waals surface area contributed by atoms with Crippen molar-refractivity contribution < 1.29 is 4.79 Å². The molecule has 0 atom stereocenters. The molecule has 6 nitrogen and oxygen atoms in total. The van der Waals surface area contributed by atoms with Gasteiger partial charge in [-0.1, -0.05) is 0 Å². The van der Waals surface area contributed by atoms with Gasteiger partial charge in [-0.2, -0.15) is 5.10 Å². The van der Waals surface area contributed by atoms with Gasteiger partial charge in [-0.15, -0.1) is 0 Å². The summed E-state index contributed by atoms with van der Waals surface area (Å²) in [4.78, 5) is 18.9. The number of fused-ring (bicyclic) bond motifs is 1. The van der Waals surface area contributed by atoms with Gasteiger partial charge in [-0.25, -0.2) is 4.98 Å². The van der Waals surface area contributed by atoms with Gasteiger partial charge in [0.1, 0.15) is 5.82 Å². The summed E-state index contributed by atoms with van der Waals surface area (Å²) in [6.45, 7) is 0. The normalized spacial score (nSPS) is 10.6. The van der Waals surface area contributed by atoms with E-state index in [1.807, 2.05) is 0 Å². The maximum Gasteiger partial charge on any atom is 0.256 e. The van der Waals surface area contributed by atoms with Crippen LogP contribution in [0, 0.1) is 0 Å². The minimum absolute atomic E-state index is 0.189. The molecule has 0 saturated heterocycles. The highest BCUT2D eigenvalue weighted by molar-refractivity contribution is 6.05. The summed E-state index contributed by atoms with van der Waals surface area (Å²) in [7, 11) is 0. The van der Waals surface area contributed by atoms with Crippen LogP contribution in [-0.2, 0) is 0 Å². The highest BCUT2D eigenvalue weighted by atomic mass is 16.1. The lowest BCUT2D eigenvalue weighted by Crippen LogP contribution is -2.11. The Morgan fingerprint density at radius 1 is 1.29 bits per heavy atom. The van der Waals surface area contributed by atoms with Crippen molar-refractivity contribution in [3.05, 3.63) is 42.4 Å². The van der Waals surface area contributed by atoms with Crippen molar-refractivity contribution in [3.8, 4) is 0 Å². The largest absolute Gasteiger partial charge is 0.345 e. The summed E-state index contributed by atoms with van der Waals surface area (Å²) in [5.74, 6) is 0.380. The standard InChI is InChI=1S/C11H9N5O/c17-11(15-10-3-4-14-16-10)7-1-2-8-9(5-7)13-6-12-8/h1-6H,(H,12,13)(H2,14,15,16,17). The highest BCUT2D eigenvalue weighted by Crippen LogP contribution is 2.12. The molecule has 17 heavy (non-hydrogen) atoms. The van der Waals surface area contributed by atoms with Crippen LogP contribution in [0.4, 0.5) is 5.82 Å². The van der Waals surface area contributed by atoms with Crippen LogP contribution >= 0.6 is 0 Å². The number of aromatic nitrogens is 4. The Bertz CT molecular complexity index is 655. The maximum absolute atomic E-state index is 11.9. The number of amides is 1. The third-order valence-electron chi connectivity index (χ3n) is 2.43. The molecule has 1 amide bonds. The van der Waals surface area contributed by atoms with E-state index in [-0.39, 0.29) is 5.91 Å². The second-order valence-corrected chi connectivity index (χ2v) is 3.56. The van der Waals surface area contributed by atoms with Gasteiger partial charge < -0.3 is 10.3 Å². The fourth-order valence-electron chi connectivity index (χ4n) is 1.60. The van der Waals surface area contributed by atoms with E-state index in [1.165, 1.54) is 0 Å². The number of aromatic amines is 2. The Morgan fingerprint density at radius 3 is 3.06 bits per heavy atom. The number of H-pyrrole nitrogens is 2. The van der Waals surface area contributed by atoms with Gasteiger partial charge >= 0.3 is 0 Å². The van der Waals surface area contributed by atoms with Crippen molar-refractivity contribution in [2.45, 2.75) is 0 Å². The minimum atomic E-state index is -0.189. The fraction of sp³-hybridized carbons (Fsp3) is 0. The molecular weight excluding hydrogens is 218 g/mol. The van der Waals surface area contributed by atoms with Crippen LogP contribution in [0.5, 0.6) is 0 Å². The zero-order valence-electron chi connectivity index (χ0n) is 8.77. The molecule has 0 aliphatic carbocycles. The fourth-order valence-corrected chi connectivity index (χ4v) is 1.60. The van der Waals surface area contributed by atoms with Crippen molar-refractivity contribution >= 4 is 22.8 Å². The van der Waals surface area contributed by atoms with Gasteiger partial charge in [-0.3, -0.25) is 9.89 Å². The van der Waals surface area contributed by atoms with Crippen molar-refractivity contribution in [2.75, 3.05) is 5.32 Å². The van der Waals surface area contributed by atoms with Gasteiger partial charge in [0.2, 0.25) is 0 Å². The number of anilines is 1. The average Bonchev–Trinajstić information content (AvgIpc) is 2.97. The van der Waals surface area contributed by atoms with Gasteiger partial charge in [0.25, 0.3) is 5.91 Å². The molecule has 2 aromatic heterocycles. The molecular formula is C11H9N5O. The molecule has 0 unspecified atom stereocenters. The van der Waals surface area contributed by atoms with Crippen molar-refractivity contribution in [1.29, 1.82) is 0 Å². The van der Waals surface area contributed by atoms with Crippen LogP contribution in [0.3, 0.4) is 0 Å². The number of nitrogens with zero attached hydrogens (tertiary/aromatic N) is 2. The predicted molar refractivity (Wildman–Crippen MR) is 62.6 cm³/mol. The molecule has 3 N–H and O–H groups in total. The van der Waals surface area contributed by atoms with E-state index in [4.69, 9.17) is 0 Å². The first-order valence-corrected chi connectivity index (χ1v) is 5.07. The van der Waals surface area contributed by atoms with Crippen molar-refractivity contribution in [1.82, 2.24) is 20.2 Å². The van der Waals surface area contributed by atoms with E-state index in [2.05, 4.69) is 25.5 Å². The summed E-state index contributed by atoms with van der Waals surface area (Å²) in [5.41, 5.74) is 2.24. The second-order valence-electron chi connectivity index (χ2n) is 3.56. The third-order valence-corrected chi connectivity index (χ3v) is 2.43. The quantitative estimate of drug-likeness (QED) is 0.620. The lowest BCUT2D eigenvalue weighted by Gasteiger charge is -2.02. The molecule has 6 heteroatoms. The Kier molecular flexibility index (Phi) is 2.11. The summed E-state index contributed by atoms with van der Waals surface area (Å²) in [6, 6.07) is 6.98. The first-order chi connectivity index (χ1) is 8.33. The third kappa shape index (κ3) is 1.76. The van der Waals surface area contributed by atoms with E-state index in [0.717, 1.165) is 11.0 Å². The number of carbonyl (C=O) groups is 1. The highest BCUT2D eigenvalue weighted by Gasteiger charge is 2.08. The van der Waals surface area contributed by atoms with Crippen LogP contribution < -0.4 is 5.32 Å². The van der Waals surface area contributed by atoms with E-state index in [1.54, 1.807) is 36.8 Å². The van der Waals surface area contributed by atoms with E-state index in [0.29, 0.717) is 11.4 Å². The Labute approximate surface area is 96.1 Å². The number of nitrogens with one attached hydrogen (secondary N) is 3. The van der Waals surface area contributed by atoms with Crippen molar-refractivity contribution in [3.63, 3.8) is 0 Å². The zero-order valence-corrected chi connectivity index (χ0v) is 8.77. The van der Waals surface area contributed by atoms with E-state index >= 15 is 0 Å². The monoisotopic (exact) mass is 227 g/mol. The smallest absolute Gasteiger partial charge is 0.256 e. The Morgan fingerprint density at radius 2 is 2.24 bits per heavy atom. The first-order valence-electron chi connectivity index (χ1n) is 5.07. The number of benzene rings is 1. The van der Waals surface area contributed by atoms with Crippen LogP contribution in [0.25, 0.3) is 11.0 Å². The lowest BCUT2D eigenvalue weighted by atomic mass is 10.2. The van der Waals surface area contributed by atoms with Gasteiger partial charge in [-0.05, 0) is 18.2 Å². The Hall–Kier alpha value is -2.63. The average molecular weight is 227 g/mol. The molecule has 1 aromatic carbocycles. The number of rotatable bonds is 2. The van der Waals surface area contributed by atoms with Crippen molar-refractivity contribution in [2.24, 2.45) is 0 Å². The SMILES string of the molecule is O=C(Nc1ccn[nH]1)c1ccc2nc[nH]c2c1. The number of hydrogen-bond donors (Lipinski definition) is 3. The van der Waals surface area contributed by atoms with E-state index in [9.17, 15) is 4.79 Å². The predicted octanol–water partition coefficient (Wildman–Crippen LogP) is 1.54. The molecule has 84 valence electrons. The molecule has 0 aliphatic heterocycles. The molecule has 3 rings (SSSR count). The zero-order chi connectivity index (χ0) is 11.7. The molecule has 0 saturated carbocycles. The summed E-state index contributed by atoms with van der Waals surface area (Å²) in [6.07, 6.45) is 3.18. The van der Waals surface area contributed by atoms with Crippen LogP contribution in [0.1, 0.15) is 10.4 Å².